The number of aliphatic imine (C=N–C) groups is 1. The Labute approximate surface area is 179 Å². The summed E-state index contributed by atoms with van der Waals surface area (Å²) in [5.74, 6) is 1.08. The van der Waals surface area contributed by atoms with Crippen LogP contribution in [-0.2, 0) is 16.1 Å². The summed E-state index contributed by atoms with van der Waals surface area (Å²) in [5.41, 5.74) is 1.85. The van der Waals surface area contributed by atoms with Crippen LogP contribution in [0.15, 0.2) is 29.3 Å². The molecule has 0 bridgehead atoms. The second kappa shape index (κ2) is 12.0. The van der Waals surface area contributed by atoms with Gasteiger partial charge in [0.15, 0.2) is 5.96 Å². The predicted octanol–water partition coefficient (Wildman–Crippen LogP) is 2.96. The molecule has 2 rings (SSSR count). The Balaban J connectivity index is 1.80. The van der Waals surface area contributed by atoms with Gasteiger partial charge in [-0.3, -0.25) is 9.79 Å². The molecule has 8 nitrogen and oxygen atoms in total. The molecular formula is C22H35N5O3. The highest BCUT2D eigenvalue weighted by molar-refractivity contribution is 5.90. The number of anilines is 1. The van der Waals surface area contributed by atoms with E-state index in [2.05, 4.69) is 20.9 Å². The summed E-state index contributed by atoms with van der Waals surface area (Å²) in [6.45, 7) is 8.21. The molecule has 0 saturated carbocycles. The number of rotatable bonds is 7. The predicted molar refractivity (Wildman–Crippen MR) is 119 cm³/mol. The Morgan fingerprint density at radius 2 is 2.00 bits per heavy atom. The first kappa shape index (κ1) is 23.5. The van der Waals surface area contributed by atoms with Gasteiger partial charge in [-0.2, -0.15) is 0 Å². The van der Waals surface area contributed by atoms with E-state index in [1.807, 2.05) is 45.0 Å². The first-order valence-electron chi connectivity index (χ1n) is 10.7. The first-order chi connectivity index (χ1) is 14.4. The number of guanidine groups is 1. The smallest absolute Gasteiger partial charge is 0.409 e. The molecule has 0 unspecified atom stereocenters. The third-order valence-electron chi connectivity index (χ3n) is 4.85. The quantitative estimate of drug-likeness (QED) is 0.468. The molecule has 3 N–H and O–H groups in total. The fraction of sp³-hybridized carbons (Fsp3) is 0.591. The minimum absolute atomic E-state index is 0.0294. The van der Waals surface area contributed by atoms with Gasteiger partial charge >= 0.3 is 6.09 Å². The van der Waals surface area contributed by atoms with Crippen LogP contribution in [-0.4, -0.2) is 55.6 Å². The van der Waals surface area contributed by atoms with Gasteiger partial charge in [0.1, 0.15) is 0 Å². The van der Waals surface area contributed by atoms with Gasteiger partial charge in [-0.25, -0.2) is 4.79 Å². The van der Waals surface area contributed by atoms with Crippen molar-refractivity contribution in [1.29, 1.82) is 0 Å². The number of hydrogen-bond donors (Lipinski definition) is 3. The maximum Gasteiger partial charge on any atom is 0.409 e. The average Bonchev–Trinajstić information content (AvgIpc) is 2.71. The van der Waals surface area contributed by atoms with Crippen molar-refractivity contribution in [2.75, 3.05) is 32.1 Å². The van der Waals surface area contributed by atoms with Crippen molar-refractivity contribution in [2.45, 2.75) is 52.6 Å². The van der Waals surface area contributed by atoms with Crippen molar-refractivity contribution in [3.05, 3.63) is 29.8 Å². The molecule has 8 heteroatoms. The van der Waals surface area contributed by atoms with Crippen molar-refractivity contribution < 1.29 is 14.3 Å². The lowest BCUT2D eigenvalue weighted by Crippen LogP contribution is -2.49. The van der Waals surface area contributed by atoms with Crippen LogP contribution in [0.2, 0.25) is 0 Å². The Morgan fingerprint density at radius 1 is 1.27 bits per heavy atom. The Kier molecular flexibility index (Phi) is 9.44. The van der Waals surface area contributed by atoms with Crippen LogP contribution < -0.4 is 16.0 Å². The van der Waals surface area contributed by atoms with Crippen LogP contribution in [0.4, 0.5) is 10.5 Å². The molecule has 1 aliphatic rings. The number of ether oxygens (including phenoxy) is 1. The zero-order valence-corrected chi connectivity index (χ0v) is 18.5. The molecule has 0 spiro atoms. The molecule has 2 amide bonds. The van der Waals surface area contributed by atoms with Gasteiger partial charge in [0.2, 0.25) is 5.91 Å². The van der Waals surface area contributed by atoms with E-state index in [9.17, 15) is 9.59 Å². The van der Waals surface area contributed by atoms with E-state index < -0.39 is 0 Å². The summed E-state index contributed by atoms with van der Waals surface area (Å²) in [6.07, 6.45) is 1.96. The molecule has 1 saturated heterocycles. The molecule has 0 aliphatic carbocycles. The van der Waals surface area contributed by atoms with Crippen LogP contribution >= 0.6 is 0 Å². The van der Waals surface area contributed by atoms with E-state index in [4.69, 9.17) is 4.74 Å². The van der Waals surface area contributed by atoms with Crippen LogP contribution in [0.3, 0.4) is 0 Å². The van der Waals surface area contributed by atoms with E-state index in [0.717, 1.165) is 30.1 Å². The van der Waals surface area contributed by atoms with E-state index in [1.165, 1.54) is 0 Å². The molecule has 0 radical (unpaired) electrons. The topological polar surface area (TPSA) is 95.1 Å². The zero-order chi connectivity index (χ0) is 21.9. The average molecular weight is 418 g/mol. The Hall–Kier alpha value is -2.77. The lowest BCUT2D eigenvalue weighted by atomic mass is 10.1. The van der Waals surface area contributed by atoms with Crippen LogP contribution in [0.5, 0.6) is 0 Å². The van der Waals surface area contributed by atoms with Gasteiger partial charge in [0.25, 0.3) is 0 Å². The van der Waals surface area contributed by atoms with E-state index >= 15 is 0 Å². The van der Waals surface area contributed by atoms with Gasteiger partial charge in [-0.05, 0) is 43.4 Å². The SMILES string of the molecule is CCOC(=O)N1CCC(NC(=NC)NCc2cccc(NC(=O)CC(C)C)c2)CC1. The van der Waals surface area contributed by atoms with Gasteiger partial charge in [-0.15, -0.1) is 0 Å². The molecule has 1 fully saturated rings. The molecule has 166 valence electrons. The van der Waals surface area contributed by atoms with Crippen molar-refractivity contribution in [3.63, 3.8) is 0 Å². The number of amides is 2. The number of nitrogens with zero attached hydrogens (tertiary/aromatic N) is 2. The molecule has 30 heavy (non-hydrogen) atoms. The minimum atomic E-state index is -0.237. The molecule has 1 aromatic carbocycles. The van der Waals surface area contributed by atoms with Gasteiger partial charge in [-0.1, -0.05) is 26.0 Å². The highest BCUT2D eigenvalue weighted by Crippen LogP contribution is 2.13. The minimum Gasteiger partial charge on any atom is -0.450 e. The molecule has 0 aromatic heterocycles. The maximum atomic E-state index is 12.0. The summed E-state index contributed by atoms with van der Waals surface area (Å²) in [5, 5.41) is 9.70. The van der Waals surface area contributed by atoms with Crippen molar-refractivity contribution >= 4 is 23.6 Å². The lowest BCUT2D eigenvalue weighted by Gasteiger charge is -2.32. The summed E-state index contributed by atoms with van der Waals surface area (Å²) in [4.78, 5) is 29.8. The van der Waals surface area contributed by atoms with E-state index in [1.54, 1.807) is 11.9 Å². The number of piperidine rings is 1. The number of likely N-dealkylation sites (tertiary alicyclic amines) is 1. The second-order valence-electron chi connectivity index (χ2n) is 7.88. The van der Waals surface area contributed by atoms with Gasteiger partial charge in [0.05, 0.1) is 6.61 Å². The van der Waals surface area contributed by atoms with Crippen molar-refractivity contribution in [3.8, 4) is 0 Å². The van der Waals surface area contributed by atoms with Gasteiger partial charge < -0.3 is 25.6 Å². The normalized spacial score (nSPS) is 15.1. The lowest BCUT2D eigenvalue weighted by molar-refractivity contribution is -0.116. The maximum absolute atomic E-state index is 12.0. The molecular weight excluding hydrogens is 382 g/mol. The Morgan fingerprint density at radius 3 is 2.63 bits per heavy atom. The summed E-state index contributed by atoms with van der Waals surface area (Å²) < 4.78 is 5.06. The second-order valence-corrected chi connectivity index (χ2v) is 7.88. The largest absolute Gasteiger partial charge is 0.450 e. The number of carbonyl (C=O) groups excluding carboxylic acids is 2. The highest BCUT2D eigenvalue weighted by atomic mass is 16.6. The van der Waals surface area contributed by atoms with Crippen molar-refractivity contribution in [1.82, 2.24) is 15.5 Å². The first-order valence-corrected chi connectivity index (χ1v) is 10.7. The van der Waals surface area contributed by atoms with E-state index in [-0.39, 0.29) is 18.0 Å². The molecule has 1 aliphatic heterocycles. The van der Waals surface area contributed by atoms with Crippen LogP contribution in [0, 0.1) is 5.92 Å². The number of carbonyl (C=O) groups is 2. The number of hydrogen-bond acceptors (Lipinski definition) is 4. The fourth-order valence-corrected chi connectivity index (χ4v) is 3.34. The van der Waals surface area contributed by atoms with Crippen LogP contribution in [0.25, 0.3) is 0 Å². The van der Waals surface area contributed by atoms with Crippen molar-refractivity contribution in [2.24, 2.45) is 10.9 Å². The fourth-order valence-electron chi connectivity index (χ4n) is 3.34. The van der Waals surface area contributed by atoms with Gasteiger partial charge in [0, 0.05) is 44.8 Å². The number of nitrogens with one attached hydrogen (secondary N) is 3. The van der Waals surface area contributed by atoms with E-state index in [0.29, 0.717) is 38.6 Å². The third kappa shape index (κ3) is 7.93. The number of benzene rings is 1. The monoisotopic (exact) mass is 417 g/mol. The molecule has 1 aromatic rings. The summed E-state index contributed by atoms with van der Waals surface area (Å²) in [6, 6.07) is 8.06. The third-order valence-corrected chi connectivity index (χ3v) is 4.85. The Bertz CT molecular complexity index is 727. The summed E-state index contributed by atoms with van der Waals surface area (Å²) in [7, 11) is 1.74. The standard InChI is InChI=1S/C22H35N5O3/c1-5-30-22(29)27-11-9-18(10-12-27)26-21(23-4)24-15-17-7-6-8-19(14-17)25-20(28)13-16(2)3/h6-8,14,16,18H,5,9-13,15H2,1-4H3,(H,25,28)(H2,23,24,26). The summed E-state index contributed by atoms with van der Waals surface area (Å²) >= 11 is 0. The van der Waals surface area contributed by atoms with Crippen LogP contribution in [0.1, 0.15) is 45.6 Å². The zero-order valence-electron chi connectivity index (χ0n) is 18.5. The highest BCUT2D eigenvalue weighted by Gasteiger charge is 2.24. The molecule has 1 heterocycles. The molecule has 0 atom stereocenters.